The minimum absolute atomic E-state index is 0.280. The molecule has 25 heavy (non-hydrogen) atoms. The summed E-state index contributed by atoms with van der Waals surface area (Å²) in [5, 5.41) is 9.23. The zero-order valence-corrected chi connectivity index (χ0v) is 15.2. The van der Waals surface area contributed by atoms with E-state index in [1.54, 1.807) is 13.2 Å². The van der Waals surface area contributed by atoms with Crippen molar-refractivity contribution in [3.05, 3.63) is 59.4 Å². The molecule has 2 aromatic rings. The van der Waals surface area contributed by atoms with Crippen LogP contribution < -0.4 is 4.74 Å². The number of methoxy groups -OCH3 is 1. The van der Waals surface area contributed by atoms with Crippen molar-refractivity contribution in [2.45, 2.75) is 32.6 Å². The number of phenols is 1. The molecule has 0 spiro atoms. The molecular weight excluding hydrogens is 317 g/mol. The van der Waals surface area contributed by atoms with Crippen molar-refractivity contribution in [3.63, 3.8) is 0 Å². The molecule has 2 aromatic carbocycles. The summed E-state index contributed by atoms with van der Waals surface area (Å²) in [7, 11) is 1.68. The third-order valence-electron chi connectivity index (χ3n) is 4.50. The molecule has 0 atom stereocenters. The molecule has 0 bridgehead atoms. The SMILES string of the molecule is CCN(CCCc1ccc(OC)cc1)CCCc1ccc(O)c(F)c1. The summed E-state index contributed by atoms with van der Waals surface area (Å²) in [6.07, 6.45) is 3.99. The van der Waals surface area contributed by atoms with Crippen LogP contribution in [-0.4, -0.2) is 36.8 Å². The summed E-state index contributed by atoms with van der Waals surface area (Å²) in [4.78, 5) is 2.43. The van der Waals surface area contributed by atoms with Crippen LogP contribution in [0.3, 0.4) is 0 Å². The zero-order valence-electron chi connectivity index (χ0n) is 15.2. The van der Waals surface area contributed by atoms with E-state index >= 15 is 0 Å². The lowest BCUT2D eigenvalue weighted by Gasteiger charge is -2.20. The molecule has 0 saturated heterocycles. The highest BCUT2D eigenvalue weighted by Gasteiger charge is 2.05. The lowest BCUT2D eigenvalue weighted by Crippen LogP contribution is -2.26. The van der Waals surface area contributed by atoms with Gasteiger partial charge < -0.3 is 14.7 Å². The maximum Gasteiger partial charge on any atom is 0.165 e. The molecular formula is C21H28FNO2. The molecule has 3 nitrogen and oxygen atoms in total. The van der Waals surface area contributed by atoms with Gasteiger partial charge in [0, 0.05) is 0 Å². The summed E-state index contributed by atoms with van der Waals surface area (Å²) in [5.74, 6) is 0.0754. The van der Waals surface area contributed by atoms with Crippen LogP contribution in [0.25, 0.3) is 0 Å². The standard InChI is InChI=1S/C21H28FNO2/c1-3-23(14-4-6-17-8-11-19(25-2)12-9-17)15-5-7-18-10-13-21(24)20(22)16-18/h8-13,16,24H,3-7,14-15H2,1-2H3. The number of aromatic hydroxyl groups is 1. The second-order valence-corrected chi connectivity index (χ2v) is 6.28. The van der Waals surface area contributed by atoms with Crippen LogP contribution in [0.4, 0.5) is 4.39 Å². The van der Waals surface area contributed by atoms with Crippen LogP contribution in [0.15, 0.2) is 42.5 Å². The first kappa shape index (κ1) is 19.3. The molecule has 1 N–H and O–H groups in total. The van der Waals surface area contributed by atoms with E-state index in [0.29, 0.717) is 0 Å². The number of benzene rings is 2. The zero-order chi connectivity index (χ0) is 18.1. The van der Waals surface area contributed by atoms with Crippen LogP contribution in [0.1, 0.15) is 30.9 Å². The summed E-state index contributed by atoms with van der Waals surface area (Å²) in [6, 6.07) is 12.9. The van der Waals surface area contributed by atoms with E-state index in [-0.39, 0.29) is 5.75 Å². The van der Waals surface area contributed by atoms with Crippen molar-refractivity contribution >= 4 is 0 Å². The Kier molecular flexibility index (Phi) is 7.74. The predicted molar refractivity (Wildman–Crippen MR) is 99.8 cm³/mol. The van der Waals surface area contributed by atoms with Gasteiger partial charge in [0.25, 0.3) is 0 Å². The number of halogens is 1. The number of hydrogen-bond donors (Lipinski definition) is 1. The normalized spacial score (nSPS) is 11.0. The Bertz CT molecular complexity index is 643. The topological polar surface area (TPSA) is 32.7 Å². The van der Waals surface area contributed by atoms with E-state index in [4.69, 9.17) is 4.74 Å². The molecule has 0 fully saturated rings. The van der Waals surface area contributed by atoms with Crippen LogP contribution in [0.2, 0.25) is 0 Å². The molecule has 0 radical (unpaired) electrons. The van der Waals surface area contributed by atoms with Gasteiger partial charge in [-0.1, -0.05) is 25.1 Å². The summed E-state index contributed by atoms with van der Waals surface area (Å²) < 4.78 is 18.5. The van der Waals surface area contributed by atoms with Gasteiger partial charge in [-0.2, -0.15) is 0 Å². The van der Waals surface area contributed by atoms with Crippen molar-refractivity contribution in [3.8, 4) is 11.5 Å². The van der Waals surface area contributed by atoms with Crippen molar-refractivity contribution in [1.82, 2.24) is 4.90 Å². The minimum atomic E-state index is -0.538. The second-order valence-electron chi connectivity index (χ2n) is 6.28. The molecule has 4 heteroatoms. The quantitative estimate of drug-likeness (QED) is 0.691. The Morgan fingerprint density at radius 1 is 0.960 bits per heavy atom. The first-order valence-corrected chi connectivity index (χ1v) is 8.95. The van der Waals surface area contributed by atoms with Gasteiger partial charge in [0.1, 0.15) is 5.75 Å². The molecule has 136 valence electrons. The molecule has 0 aliphatic carbocycles. The van der Waals surface area contributed by atoms with E-state index in [2.05, 4.69) is 24.0 Å². The van der Waals surface area contributed by atoms with Gasteiger partial charge >= 0.3 is 0 Å². The number of ether oxygens (including phenoxy) is 1. The molecule has 0 saturated carbocycles. The van der Waals surface area contributed by atoms with Crippen molar-refractivity contribution in [2.75, 3.05) is 26.7 Å². The van der Waals surface area contributed by atoms with E-state index in [1.165, 1.54) is 17.7 Å². The van der Waals surface area contributed by atoms with E-state index < -0.39 is 5.82 Å². The lowest BCUT2D eigenvalue weighted by atomic mass is 10.1. The number of hydrogen-bond acceptors (Lipinski definition) is 3. The average Bonchev–Trinajstić information content (AvgIpc) is 2.64. The van der Waals surface area contributed by atoms with Gasteiger partial charge in [-0.3, -0.25) is 0 Å². The monoisotopic (exact) mass is 345 g/mol. The number of nitrogens with zero attached hydrogens (tertiary/aromatic N) is 1. The van der Waals surface area contributed by atoms with Gasteiger partial charge in [-0.15, -0.1) is 0 Å². The average molecular weight is 345 g/mol. The highest BCUT2D eigenvalue weighted by Crippen LogP contribution is 2.17. The maximum atomic E-state index is 13.3. The van der Waals surface area contributed by atoms with Crippen LogP contribution in [-0.2, 0) is 12.8 Å². The molecule has 0 aromatic heterocycles. The number of aryl methyl sites for hydroxylation is 2. The van der Waals surface area contributed by atoms with Crippen LogP contribution in [0.5, 0.6) is 11.5 Å². The molecule has 0 aliphatic rings. The molecule has 0 unspecified atom stereocenters. The highest BCUT2D eigenvalue weighted by molar-refractivity contribution is 5.28. The lowest BCUT2D eigenvalue weighted by molar-refractivity contribution is 0.281. The summed E-state index contributed by atoms with van der Waals surface area (Å²) in [6.45, 7) is 5.26. The fourth-order valence-corrected chi connectivity index (χ4v) is 2.94. The van der Waals surface area contributed by atoms with Gasteiger partial charge in [0.05, 0.1) is 7.11 Å². The molecule has 0 heterocycles. The Morgan fingerprint density at radius 3 is 2.12 bits per heavy atom. The van der Waals surface area contributed by atoms with Crippen molar-refractivity contribution in [2.24, 2.45) is 0 Å². The van der Waals surface area contributed by atoms with E-state index in [0.717, 1.165) is 56.6 Å². The first-order valence-electron chi connectivity index (χ1n) is 8.95. The first-order chi connectivity index (χ1) is 12.1. The van der Waals surface area contributed by atoms with Gasteiger partial charge in [0.2, 0.25) is 0 Å². The maximum absolute atomic E-state index is 13.3. The van der Waals surface area contributed by atoms with Gasteiger partial charge in [0.15, 0.2) is 11.6 Å². The second kappa shape index (κ2) is 10.0. The van der Waals surface area contributed by atoms with Gasteiger partial charge in [-0.05, 0) is 80.7 Å². The smallest absolute Gasteiger partial charge is 0.165 e. The van der Waals surface area contributed by atoms with Crippen molar-refractivity contribution in [1.29, 1.82) is 0 Å². The van der Waals surface area contributed by atoms with E-state index in [1.807, 2.05) is 12.1 Å². The molecule has 2 rings (SSSR count). The van der Waals surface area contributed by atoms with E-state index in [9.17, 15) is 9.50 Å². The molecule has 0 aliphatic heterocycles. The van der Waals surface area contributed by atoms with Crippen LogP contribution >= 0.6 is 0 Å². The van der Waals surface area contributed by atoms with Crippen molar-refractivity contribution < 1.29 is 14.2 Å². The third kappa shape index (κ3) is 6.39. The Labute approximate surface area is 150 Å². The molecule has 0 amide bonds. The Balaban J connectivity index is 1.69. The Hall–Kier alpha value is -2.07. The largest absolute Gasteiger partial charge is 0.505 e. The fourth-order valence-electron chi connectivity index (χ4n) is 2.94. The van der Waals surface area contributed by atoms with Gasteiger partial charge in [-0.25, -0.2) is 4.39 Å². The summed E-state index contributed by atoms with van der Waals surface area (Å²) in [5.41, 5.74) is 2.26. The number of rotatable bonds is 10. The highest BCUT2D eigenvalue weighted by atomic mass is 19.1. The Morgan fingerprint density at radius 2 is 1.56 bits per heavy atom. The number of phenolic OH excluding ortho intramolecular Hbond substituents is 1. The van der Waals surface area contributed by atoms with Crippen LogP contribution in [0, 0.1) is 5.82 Å². The predicted octanol–water partition coefficient (Wildman–Crippen LogP) is 4.43. The summed E-state index contributed by atoms with van der Waals surface area (Å²) >= 11 is 0. The fraction of sp³-hybridized carbons (Fsp3) is 0.429. The third-order valence-corrected chi connectivity index (χ3v) is 4.50. The minimum Gasteiger partial charge on any atom is -0.505 e.